The van der Waals surface area contributed by atoms with E-state index in [1.54, 1.807) is 0 Å². The molecule has 0 aliphatic heterocycles. The molecule has 0 N–H and O–H groups in total. The number of anilines is 3. The first-order chi connectivity index (χ1) is 30.8. The van der Waals surface area contributed by atoms with Crippen molar-refractivity contribution < 1.29 is 0 Å². The molecule has 0 aliphatic carbocycles. The van der Waals surface area contributed by atoms with E-state index in [0.717, 1.165) is 50.5 Å². The third-order valence-electron chi connectivity index (χ3n) is 12.0. The lowest BCUT2D eigenvalue weighted by atomic mass is 9.87. The van der Waals surface area contributed by atoms with Gasteiger partial charge < -0.3 is 9.47 Å². The van der Waals surface area contributed by atoms with E-state index >= 15 is 0 Å². The molecule has 11 aromatic rings. The van der Waals surface area contributed by atoms with Crippen LogP contribution in [0.1, 0.15) is 0 Å². The Morgan fingerprint density at radius 1 is 0.258 bits per heavy atom. The Hall–Kier alpha value is -8.20. The normalized spacial score (nSPS) is 11.2. The minimum atomic E-state index is 1.09. The fourth-order valence-corrected chi connectivity index (χ4v) is 9.26. The highest BCUT2D eigenvalue weighted by molar-refractivity contribution is 6.18. The number of hydrogen-bond acceptors (Lipinski definition) is 1. The molecule has 10 aromatic carbocycles. The van der Waals surface area contributed by atoms with Crippen molar-refractivity contribution >= 4 is 38.9 Å². The van der Waals surface area contributed by atoms with Crippen LogP contribution in [0.3, 0.4) is 0 Å². The van der Waals surface area contributed by atoms with Crippen molar-refractivity contribution in [3.05, 3.63) is 255 Å². The summed E-state index contributed by atoms with van der Waals surface area (Å²) in [5.41, 5.74) is 18.4. The van der Waals surface area contributed by atoms with Gasteiger partial charge in [0.25, 0.3) is 0 Å². The zero-order chi connectivity index (χ0) is 41.2. The maximum absolute atomic E-state index is 2.54. The Balaban J connectivity index is 1.25. The lowest BCUT2D eigenvalue weighted by Crippen LogP contribution is -2.13. The van der Waals surface area contributed by atoms with Crippen LogP contribution in [0.4, 0.5) is 17.1 Å². The monoisotopic (exact) mass is 790 g/mol. The van der Waals surface area contributed by atoms with Crippen LogP contribution in [0.15, 0.2) is 255 Å². The zero-order valence-corrected chi connectivity index (χ0v) is 34.1. The van der Waals surface area contributed by atoms with Crippen molar-refractivity contribution in [1.82, 2.24) is 4.57 Å². The summed E-state index contributed by atoms with van der Waals surface area (Å²) in [6, 6.07) is 92.2. The molecule has 0 amide bonds. The number of benzene rings is 10. The molecule has 2 heteroatoms. The smallest absolute Gasteiger partial charge is 0.0562 e. The second kappa shape index (κ2) is 16.1. The van der Waals surface area contributed by atoms with Crippen molar-refractivity contribution in [1.29, 1.82) is 0 Å². The number of aromatic nitrogens is 1. The largest absolute Gasteiger partial charge is 0.309 e. The Morgan fingerprint density at radius 3 is 1.40 bits per heavy atom. The van der Waals surface area contributed by atoms with Gasteiger partial charge in [-0.05, 0) is 87.0 Å². The van der Waals surface area contributed by atoms with Crippen molar-refractivity contribution in [3.63, 3.8) is 0 Å². The van der Waals surface area contributed by atoms with E-state index in [1.807, 2.05) is 0 Å². The summed E-state index contributed by atoms with van der Waals surface area (Å²) in [6.07, 6.45) is 0. The summed E-state index contributed by atoms with van der Waals surface area (Å²) in [5, 5.41) is 2.38. The van der Waals surface area contributed by atoms with Gasteiger partial charge in [0.05, 0.1) is 28.1 Å². The van der Waals surface area contributed by atoms with E-state index in [0.29, 0.717) is 0 Å². The van der Waals surface area contributed by atoms with Crippen molar-refractivity contribution in [2.24, 2.45) is 0 Å². The minimum Gasteiger partial charge on any atom is -0.309 e. The Labute approximate surface area is 362 Å². The van der Waals surface area contributed by atoms with Crippen LogP contribution in [-0.2, 0) is 0 Å². The van der Waals surface area contributed by atoms with Gasteiger partial charge >= 0.3 is 0 Å². The molecule has 62 heavy (non-hydrogen) atoms. The zero-order valence-electron chi connectivity index (χ0n) is 34.1. The summed E-state index contributed by atoms with van der Waals surface area (Å²) >= 11 is 0. The summed E-state index contributed by atoms with van der Waals surface area (Å²) in [7, 11) is 0. The van der Waals surface area contributed by atoms with Crippen LogP contribution in [0, 0.1) is 0 Å². The van der Waals surface area contributed by atoms with Gasteiger partial charge in [0, 0.05) is 27.6 Å². The summed E-state index contributed by atoms with van der Waals surface area (Å²) in [6.45, 7) is 0. The molecule has 1 heterocycles. The summed E-state index contributed by atoms with van der Waals surface area (Å²) < 4.78 is 2.41. The number of rotatable bonds is 9. The predicted octanol–water partition coefficient (Wildman–Crippen LogP) is 16.6. The summed E-state index contributed by atoms with van der Waals surface area (Å²) in [5.74, 6) is 0. The molecular weight excluding hydrogens is 749 g/mol. The van der Waals surface area contributed by atoms with Gasteiger partial charge in [-0.15, -0.1) is 0 Å². The highest BCUT2D eigenvalue weighted by atomic mass is 15.2. The molecule has 11 rings (SSSR count). The molecule has 0 aliphatic rings. The molecule has 2 nitrogen and oxygen atoms in total. The van der Waals surface area contributed by atoms with Gasteiger partial charge in [-0.2, -0.15) is 0 Å². The molecule has 0 saturated heterocycles. The highest BCUT2D eigenvalue weighted by Crippen LogP contribution is 2.52. The maximum atomic E-state index is 2.54. The molecular formula is C60H42N2. The fourth-order valence-electron chi connectivity index (χ4n) is 9.26. The molecule has 0 spiro atoms. The van der Waals surface area contributed by atoms with Crippen LogP contribution in [-0.4, -0.2) is 4.57 Å². The molecule has 292 valence electrons. The van der Waals surface area contributed by atoms with Crippen LogP contribution in [0.5, 0.6) is 0 Å². The van der Waals surface area contributed by atoms with Crippen molar-refractivity contribution in [3.8, 4) is 61.3 Å². The molecule has 0 unspecified atom stereocenters. The van der Waals surface area contributed by atoms with Gasteiger partial charge in [0.15, 0.2) is 0 Å². The third kappa shape index (κ3) is 6.56. The first-order valence-electron chi connectivity index (χ1n) is 21.3. The van der Waals surface area contributed by atoms with E-state index in [-0.39, 0.29) is 0 Å². The third-order valence-corrected chi connectivity index (χ3v) is 12.0. The first-order valence-corrected chi connectivity index (χ1v) is 21.3. The van der Waals surface area contributed by atoms with Gasteiger partial charge in [-0.1, -0.05) is 212 Å². The molecule has 0 radical (unpaired) electrons. The number of hydrogen-bond donors (Lipinski definition) is 0. The lowest BCUT2D eigenvalue weighted by molar-refractivity contribution is 1.18. The van der Waals surface area contributed by atoms with Crippen molar-refractivity contribution in [2.75, 3.05) is 4.90 Å². The number of nitrogens with zero attached hydrogens (tertiary/aromatic N) is 2. The Morgan fingerprint density at radius 2 is 0.694 bits per heavy atom. The van der Waals surface area contributed by atoms with Crippen LogP contribution in [0.2, 0.25) is 0 Å². The quantitative estimate of drug-likeness (QED) is 0.141. The lowest BCUT2D eigenvalue weighted by Gasteiger charge is -2.32. The SMILES string of the molecule is c1ccc(-c2ccc(-c3ccccc3N(c3cccc(-c4ccccc4)c3-c3ccccc3-c3ccccc3)c3cccc4c3c3ccccc3n4-c3ccccc3)cc2)cc1. The molecule has 0 bridgehead atoms. The second-order valence-electron chi connectivity index (χ2n) is 15.6. The van der Waals surface area contributed by atoms with Crippen LogP contribution >= 0.6 is 0 Å². The Bertz CT molecular complexity index is 3310. The minimum absolute atomic E-state index is 1.09. The van der Waals surface area contributed by atoms with Crippen LogP contribution in [0.25, 0.3) is 83.1 Å². The van der Waals surface area contributed by atoms with Gasteiger partial charge in [-0.3, -0.25) is 0 Å². The van der Waals surface area contributed by atoms with E-state index in [4.69, 9.17) is 0 Å². The molecule has 0 atom stereocenters. The second-order valence-corrected chi connectivity index (χ2v) is 15.6. The van der Waals surface area contributed by atoms with E-state index in [9.17, 15) is 0 Å². The first kappa shape index (κ1) is 36.8. The highest BCUT2D eigenvalue weighted by Gasteiger charge is 2.27. The summed E-state index contributed by atoms with van der Waals surface area (Å²) in [4.78, 5) is 2.54. The predicted molar refractivity (Wildman–Crippen MR) is 263 cm³/mol. The van der Waals surface area contributed by atoms with Crippen molar-refractivity contribution in [2.45, 2.75) is 0 Å². The molecule has 1 aromatic heterocycles. The molecule has 0 saturated carbocycles. The van der Waals surface area contributed by atoms with E-state index in [2.05, 4.69) is 264 Å². The average Bonchev–Trinajstić information content (AvgIpc) is 3.70. The Kier molecular flexibility index (Phi) is 9.57. The van der Waals surface area contributed by atoms with Gasteiger partial charge in [0.1, 0.15) is 0 Å². The van der Waals surface area contributed by atoms with Gasteiger partial charge in [0.2, 0.25) is 0 Å². The average molecular weight is 791 g/mol. The number of para-hydroxylation sites is 3. The molecule has 0 fully saturated rings. The van der Waals surface area contributed by atoms with E-state index in [1.165, 1.54) is 49.7 Å². The van der Waals surface area contributed by atoms with Gasteiger partial charge in [-0.25, -0.2) is 0 Å². The maximum Gasteiger partial charge on any atom is 0.0562 e. The van der Waals surface area contributed by atoms with Crippen LogP contribution < -0.4 is 4.90 Å². The fraction of sp³-hybridized carbons (Fsp3) is 0. The standard InChI is InChI=1S/C60H42N2/c1-5-21-43(22-6-1)44-39-41-47(42-40-44)50-30-15-17-34-54(50)62(58-38-20-37-57-60(58)53-32-16-18-35-55(53)61(57)48-27-11-4-12-28-48)56-36-19-33-51(46-25-9-3-10-26-46)59(56)52-31-14-13-29-49(52)45-23-7-2-8-24-45/h1-42H. The van der Waals surface area contributed by atoms with E-state index < -0.39 is 0 Å². The topological polar surface area (TPSA) is 8.17 Å². The number of fused-ring (bicyclic) bond motifs is 3.